The normalized spacial score (nSPS) is 28.1. The van der Waals surface area contributed by atoms with Gasteiger partial charge in [-0.15, -0.1) is 0 Å². The number of benzene rings is 1. The number of rotatable bonds is 4. The first-order valence-electron chi connectivity index (χ1n) is 7.77. The second-order valence-electron chi connectivity index (χ2n) is 5.97. The third-order valence-corrected chi connectivity index (χ3v) is 4.15. The molecule has 1 heterocycles. The van der Waals surface area contributed by atoms with Gasteiger partial charge in [-0.25, -0.2) is 4.99 Å². The molecule has 2 N–H and O–H groups in total. The lowest BCUT2D eigenvalue weighted by molar-refractivity contribution is -0.0498. The highest BCUT2D eigenvalue weighted by molar-refractivity contribution is 5.78. The van der Waals surface area contributed by atoms with Crippen molar-refractivity contribution < 1.29 is 18.3 Å². The second-order valence-corrected chi connectivity index (χ2v) is 5.97. The number of morpholine rings is 1. The van der Waals surface area contributed by atoms with Crippen LogP contribution in [0.15, 0.2) is 29.3 Å². The van der Waals surface area contributed by atoms with E-state index in [9.17, 15) is 8.78 Å². The molecular weight excluding hydrogens is 304 g/mol. The monoisotopic (exact) mass is 325 g/mol. The highest BCUT2D eigenvalue weighted by atomic mass is 19.3. The molecule has 3 atom stereocenters. The van der Waals surface area contributed by atoms with Gasteiger partial charge in [0.15, 0.2) is 5.96 Å². The molecule has 1 aliphatic heterocycles. The van der Waals surface area contributed by atoms with E-state index in [-0.39, 0.29) is 17.9 Å². The van der Waals surface area contributed by atoms with Crippen molar-refractivity contribution >= 4 is 5.96 Å². The largest absolute Gasteiger partial charge is 0.435 e. The third kappa shape index (κ3) is 4.10. The lowest BCUT2D eigenvalue weighted by Crippen LogP contribution is -2.48. The van der Waals surface area contributed by atoms with E-state index in [1.165, 1.54) is 0 Å². The van der Waals surface area contributed by atoms with Crippen LogP contribution in [-0.4, -0.2) is 49.3 Å². The summed E-state index contributed by atoms with van der Waals surface area (Å²) in [4.78, 5) is 6.63. The molecule has 1 saturated carbocycles. The smallest absolute Gasteiger partial charge is 0.387 e. The van der Waals surface area contributed by atoms with Crippen molar-refractivity contribution in [2.45, 2.75) is 38.0 Å². The number of nitrogens with zero attached hydrogens (tertiary/aromatic N) is 2. The summed E-state index contributed by atoms with van der Waals surface area (Å²) in [5, 5.41) is 0. The van der Waals surface area contributed by atoms with Crippen LogP contribution in [0.1, 0.15) is 24.8 Å². The van der Waals surface area contributed by atoms with Crippen molar-refractivity contribution in [2.75, 3.05) is 19.7 Å². The van der Waals surface area contributed by atoms with Gasteiger partial charge in [-0.1, -0.05) is 12.1 Å². The molecule has 0 spiro atoms. The van der Waals surface area contributed by atoms with Gasteiger partial charge in [-0.2, -0.15) is 8.78 Å². The molecule has 7 heteroatoms. The molecule has 0 radical (unpaired) electrons. The molecule has 0 bridgehead atoms. The molecule has 3 rings (SSSR count). The summed E-state index contributed by atoms with van der Waals surface area (Å²) in [6.45, 7) is 1.40. The first kappa shape index (κ1) is 16.0. The lowest BCUT2D eigenvalue weighted by Gasteiger charge is -2.31. The summed E-state index contributed by atoms with van der Waals surface area (Å²) in [7, 11) is 0. The fourth-order valence-electron chi connectivity index (χ4n) is 2.86. The SMILES string of the molecule is CC1CN(C(N)=N[C@@H]2C[C@H]2c2ccc(OC(F)F)cc2)CCO1. The molecule has 1 aromatic carbocycles. The minimum atomic E-state index is -2.80. The average Bonchev–Trinajstić information content (AvgIpc) is 3.26. The number of ether oxygens (including phenoxy) is 2. The standard InChI is InChI=1S/C16H21F2N3O2/c1-10-9-21(6-7-22-10)16(19)20-14-8-13(14)11-2-4-12(5-3-11)23-15(17)18/h2-5,10,13-15H,6-9H2,1H3,(H2,19,20)/t10?,13-,14+/m0/s1. The number of alkyl halides is 2. The predicted octanol–water partition coefficient (Wildman–Crippen LogP) is 2.18. The Hall–Kier alpha value is -1.89. The second kappa shape index (κ2) is 6.70. The van der Waals surface area contributed by atoms with Gasteiger partial charge in [0.1, 0.15) is 5.75 Å². The highest BCUT2D eigenvalue weighted by Gasteiger charge is 2.39. The van der Waals surface area contributed by atoms with E-state index in [0.29, 0.717) is 18.5 Å². The average molecular weight is 325 g/mol. The molecule has 0 aromatic heterocycles. The lowest BCUT2D eigenvalue weighted by atomic mass is 10.1. The Kier molecular flexibility index (Phi) is 4.66. The zero-order chi connectivity index (χ0) is 16.4. The van der Waals surface area contributed by atoms with Crippen LogP contribution in [-0.2, 0) is 4.74 Å². The first-order chi connectivity index (χ1) is 11.0. The van der Waals surface area contributed by atoms with E-state index in [1.54, 1.807) is 12.1 Å². The summed E-state index contributed by atoms with van der Waals surface area (Å²) < 4.78 is 34.1. The number of guanidine groups is 1. The minimum absolute atomic E-state index is 0.162. The van der Waals surface area contributed by atoms with Crippen LogP contribution >= 0.6 is 0 Å². The Morgan fingerprint density at radius 2 is 2.13 bits per heavy atom. The summed E-state index contributed by atoms with van der Waals surface area (Å²) in [6, 6.07) is 6.91. The molecule has 2 fully saturated rings. The molecule has 5 nitrogen and oxygen atoms in total. The summed E-state index contributed by atoms with van der Waals surface area (Å²) in [5.74, 6) is 1.03. The van der Waals surface area contributed by atoms with Crippen molar-refractivity contribution in [3.05, 3.63) is 29.8 Å². The zero-order valence-corrected chi connectivity index (χ0v) is 13.0. The predicted molar refractivity (Wildman–Crippen MR) is 82.8 cm³/mol. The van der Waals surface area contributed by atoms with Crippen molar-refractivity contribution in [3.8, 4) is 5.75 Å². The van der Waals surface area contributed by atoms with Crippen LogP contribution in [0.2, 0.25) is 0 Å². The van der Waals surface area contributed by atoms with Gasteiger partial charge in [0.05, 0.1) is 18.8 Å². The van der Waals surface area contributed by atoms with Crippen LogP contribution in [0.4, 0.5) is 8.78 Å². The number of aliphatic imine (C=N–C) groups is 1. The summed E-state index contributed by atoms with van der Waals surface area (Å²) >= 11 is 0. The fourth-order valence-corrected chi connectivity index (χ4v) is 2.86. The zero-order valence-electron chi connectivity index (χ0n) is 13.0. The van der Waals surface area contributed by atoms with Crippen LogP contribution in [0.25, 0.3) is 0 Å². The first-order valence-corrected chi connectivity index (χ1v) is 7.77. The van der Waals surface area contributed by atoms with E-state index in [0.717, 1.165) is 25.1 Å². The number of halogens is 2. The summed E-state index contributed by atoms with van der Waals surface area (Å²) in [5.41, 5.74) is 7.16. The van der Waals surface area contributed by atoms with Gasteiger partial charge >= 0.3 is 6.61 Å². The van der Waals surface area contributed by atoms with E-state index in [1.807, 2.05) is 24.0 Å². The highest BCUT2D eigenvalue weighted by Crippen LogP contribution is 2.44. The molecule has 126 valence electrons. The third-order valence-electron chi connectivity index (χ3n) is 4.15. The maximum absolute atomic E-state index is 12.1. The van der Waals surface area contributed by atoms with E-state index in [4.69, 9.17) is 10.5 Å². The Balaban J connectivity index is 1.57. The number of hydrogen-bond donors (Lipinski definition) is 1. The topological polar surface area (TPSA) is 60.1 Å². The Morgan fingerprint density at radius 3 is 2.78 bits per heavy atom. The fraction of sp³-hybridized carbons (Fsp3) is 0.562. The molecule has 0 amide bonds. The quantitative estimate of drug-likeness (QED) is 0.681. The van der Waals surface area contributed by atoms with Gasteiger partial charge < -0.3 is 20.1 Å². The number of nitrogens with two attached hydrogens (primary N) is 1. The van der Waals surface area contributed by atoms with Crippen LogP contribution < -0.4 is 10.5 Å². The van der Waals surface area contributed by atoms with Gasteiger partial charge in [0.25, 0.3) is 0 Å². The molecule has 23 heavy (non-hydrogen) atoms. The van der Waals surface area contributed by atoms with Crippen LogP contribution in [0.3, 0.4) is 0 Å². The molecule has 1 unspecified atom stereocenters. The van der Waals surface area contributed by atoms with Gasteiger partial charge in [0.2, 0.25) is 0 Å². The van der Waals surface area contributed by atoms with E-state index >= 15 is 0 Å². The van der Waals surface area contributed by atoms with Crippen LogP contribution in [0.5, 0.6) is 5.75 Å². The maximum atomic E-state index is 12.1. The van der Waals surface area contributed by atoms with Crippen molar-refractivity contribution in [1.29, 1.82) is 0 Å². The van der Waals surface area contributed by atoms with E-state index < -0.39 is 6.61 Å². The van der Waals surface area contributed by atoms with Gasteiger partial charge in [-0.3, -0.25) is 0 Å². The van der Waals surface area contributed by atoms with Crippen molar-refractivity contribution in [1.82, 2.24) is 4.90 Å². The van der Waals surface area contributed by atoms with Crippen molar-refractivity contribution in [3.63, 3.8) is 0 Å². The maximum Gasteiger partial charge on any atom is 0.387 e. The Labute approximate surface area is 134 Å². The Morgan fingerprint density at radius 1 is 1.39 bits per heavy atom. The molecule has 1 aliphatic carbocycles. The minimum Gasteiger partial charge on any atom is -0.435 e. The number of hydrogen-bond acceptors (Lipinski definition) is 3. The van der Waals surface area contributed by atoms with E-state index in [2.05, 4.69) is 9.73 Å². The van der Waals surface area contributed by atoms with Crippen molar-refractivity contribution in [2.24, 2.45) is 10.7 Å². The van der Waals surface area contributed by atoms with Crippen LogP contribution in [0, 0.1) is 0 Å². The molecular formula is C16H21F2N3O2. The molecule has 1 saturated heterocycles. The molecule has 1 aromatic rings. The van der Waals surface area contributed by atoms with Gasteiger partial charge in [0, 0.05) is 19.0 Å². The summed E-state index contributed by atoms with van der Waals surface area (Å²) in [6.07, 6.45) is 1.09. The Bertz CT molecular complexity index is 565. The van der Waals surface area contributed by atoms with Gasteiger partial charge in [-0.05, 0) is 31.0 Å². The molecule has 2 aliphatic rings.